The maximum absolute atomic E-state index is 5.20. The molecule has 0 aliphatic carbocycles. The van der Waals surface area contributed by atoms with E-state index in [1.807, 2.05) is 12.1 Å². The lowest BCUT2D eigenvalue weighted by Crippen LogP contribution is -2.46. The van der Waals surface area contributed by atoms with Crippen molar-refractivity contribution in [3.05, 3.63) is 42.1 Å². The zero-order valence-electron chi connectivity index (χ0n) is 12.2. The normalized spacial score (nSPS) is 17.2. The topological polar surface area (TPSA) is 15.7 Å². The van der Waals surface area contributed by atoms with Crippen molar-refractivity contribution >= 4 is 0 Å². The number of rotatable bonds is 4. The molecule has 1 aliphatic heterocycles. The Morgan fingerprint density at radius 1 is 1.15 bits per heavy atom. The SMILES string of the molecule is C.C=C(C)N1CCN(C(C)c2ccc(OC)cc2)CC1. The molecule has 1 aromatic rings. The van der Waals surface area contributed by atoms with Gasteiger partial charge in [-0.2, -0.15) is 0 Å². The van der Waals surface area contributed by atoms with E-state index in [0.717, 1.165) is 31.9 Å². The predicted molar refractivity (Wildman–Crippen MR) is 86.1 cm³/mol. The third-order valence-electron chi connectivity index (χ3n) is 4.00. The number of hydrogen-bond donors (Lipinski definition) is 0. The minimum absolute atomic E-state index is 0. The molecule has 0 spiro atoms. The molecule has 1 atom stereocenters. The van der Waals surface area contributed by atoms with Gasteiger partial charge in [-0.15, -0.1) is 0 Å². The van der Waals surface area contributed by atoms with Crippen molar-refractivity contribution in [3.63, 3.8) is 0 Å². The van der Waals surface area contributed by atoms with Gasteiger partial charge >= 0.3 is 0 Å². The van der Waals surface area contributed by atoms with Gasteiger partial charge in [0.2, 0.25) is 0 Å². The Bertz CT molecular complexity index is 419. The highest BCUT2D eigenvalue weighted by atomic mass is 16.5. The van der Waals surface area contributed by atoms with Crippen molar-refractivity contribution in [2.75, 3.05) is 33.3 Å². The highest BCUT2D eigenvalue weighted by Crippen LogP contribution is 2.24. The van der Waals surface area contributed by atoms with E-state index in [2.05, 4.69) is 42.4 Å². The molecule has 20 heavy (non-hydrogen) atoms. The van der Waals surface area contributed by atoms with Gasteiger partial charge in [-0.05, 0) is 31.5 Å². The fourth-order valence-electron chi connectivity index (χ4n) is 2.58. The fourth-order valence-corrected chi connectivity index (χ4v) is 2.58. The highest BCUT2D eigenvalue weighted by molar-refractivity contribution is 5.29. The third kappa shape index (κ3) is 3.76. The van der Waals surface area contributed by atoms with Crippen LogP contribution < -0.4 is 4.74 Å². The van der Waals surface area contributed by atoms with E-state index in [4.69, 9.17) is 4.74 Å². The van der Waals surface area contributed by atoms with Crippen molar-refractivity contribution in [2.24, 2.45) is 0 Å². The van der Waals surface area contributed by atoms with Gasteiger partial charge < -0.3 is 9.64 Å². The summed E-state index contributed by atoms with van der Waals surface area (Å²) in [6.07, 6.45) is 0. The average Bonchev–Trinajstić information content (AvgIpc) is 2.46. The Morgan fingerprint density at radius 3 is 2.15 bits per heavy atom. The Morgan fingerprint density at radius 2 is 1.70 bits per heavy atom. The Hall–Kier alpha value is -1.48. The van der Waals surface area contributed by atoms with E-state index >= 15 is 0 Å². The molecule has 0 radical (unpaired) electrons. The van der Waals surface area contributed by atoms with Gasteiger partial charge in [0.1, 0.15) is 5.75 Å². The van der Waals surface area contributed by atoms with E-state index in [9.17, 15) is 0 Å². The second-order valence-corrected chi connectivity index (χ2v) is 5.21. The quantitative estimate of drug-likeness (QED) is 0.836. The summed E-state index contributed by atoms with van der Waals surface area (Å²) in [6, 6.07) is 8.85. The van der Waals surface area contributed by atoms with E-state index in [0.29, 0.717) is 6.04 Å². The molecule has 1 fully saturated rings. The first-order valence-electron chi connectivity index (χ1n) is 6.90. The summed E-state index contributed by atoms with van der Waals surface area (Å²) in [5.41, 5.74) is 2.53. The third-order valence-corrected chi connectivity index (χ3v) is 4.00. The van der Waals surface area contributed by atoms with E-state index in [-0.39, 0.29) is 7.43 Å². The standard InChI is InChI=1S/C16H24N2O.CH4/c1-13(2)17-9-11-18(12-10-17)14(3)15-5-7-16(19-4)8-6-15;/h5-8,14H,1,9-12H2,2-4H3;1H4. The molecular formula is C17H28N2O. The van der Waals surface area contributed by atoms with Crippen molar-refractivity contribution in [2.45, 2.75) is 27.3 Å². The van der Waals surface area contributed by atoms with Crippen LogP contribution in [-0.4, -0.2) is 43.1 Å². The summed E-state index contributed by atoms with van der Waals surface area (Å²) in [5.74, 6) is 0.919. The smallest absolute Gasteiger partial charge is 0.118 e. The van der Waals surface area contributed by atoms with Crippen LogP contribution in [0.25, 0.3) is 0 Å². The van der Waals surface area contributed by atoms with Crippen LogP contribution in [-0.2, 0) is 0 Å². The summed E-state index contributed by atoms with van der Waals surface area (Å²) >= 11 is 0. The summed E-state index contributed by atoms with van der Waals surface area (Å²) in [5, 5.41) is 0. The van der Waals surface area contributed by atoms with Crippen LogP contribution in [0.2, 0.25) is 0 Å². The minimum Gasteiger partial charge on any atom is -0.497 e. The molecule has 3 nitrogen and oxygen atoms in total. The molecule has 1 heterocycles. The predicted octanol–water partition coefficient (Wildman–Crippen LogP) is 3.54. The molecule has 0 saturated carbocycles. The molecule has 112 valence electrons. The zero-order valence-corrected chi connectivity index (χ0v) is 12.2. The van der Waals surface area contributed by atoms with Crippen LogP contribution in [0.5, 0.6) is 5.75 Å². The van der Waals surface area contributed by atoms with Crippen LogP contribution in [0.15, 0.2) is 36.5 Å². The molecule has 1 unspecified atom stereocenters. The molecule has 2 rings (SSSR count). The lowest BCUT2D eigenvalue weighted by atomic mass is 10.1. The largest absolute Gasteiger partial charge is 0.497 e. The van der Waals surface area contributed by atoms with E-state index in [1.165, 1.54) is 11.3 Å². The number of allylic oxidation sites excluding steroid dienone is 1. The Kier molecular flexibility index (Phi) is 6.08. The number of ether oxygens (including phenoxy) is 1. The van der Waals surface area contributed by atoms with Gasteiger partial charge in [0.25, 0.3) is 0 Å². The molecule has 0 N–H and O–H groups in total. The molecular weight excluding hydrogens is 248 g/mol. The molecule has 1 saturated heterocycles. The first kappa shape index (κ1) is 16.6. The molecule has 0 aromatic heterocycles. The van der Waals surface area contributed by atoms with E-state index < -0.39 is 0 Å². The number of piperazine rings is 1. The number of methoxy groups -OCH3 is 1. The lowest BCUT2D eigenvalue weighted by Gasteiger charge is -2.39. The average molecular weight is 276 g/mol. The maximum Gasteiger partial charge on any atom is 0.118 e. The second-order valence-electron chi connectivity index (χ2n) is 5.21. The maximum atomic E-state index is 5.20. The summed E-state index contributed by atoms with van der Waals surface area (Å²) in [6.45, 7) is 12.7. The van der Waals surface area contributed by atoms with Crippen LogP contribution in [0.1, 0.15) is 32.9 Å². The molecule has 3 heteroatoms. The van der Waals surface area contributed by atoms with Crippen LogP contribution in [0, 0.1) is 0 Å². The summed E-state index contributed by atoms with van der Waals surface area (Å²) in [4.78, 5) is 4.89. The van der Waals surface area contributed by atoms with Crippen LogP contribution in [0.3, 0.4) is 0 Å². The van der Waals surface area contributed by atoms with Gasteiger partial charge in [-0.25, -0.2) is 0 Å². The fraction of sp³-hybridized carbons (Fsp3) is 0.529. The molecule has 0 bridgehead atoms. The number of hydrogen-bond acceptors (Lipinski definition) is 3. The van der Waals surface area contributed by atoms with E-state index in [1.54, 1.807) is 7.11 Å². The monoisotopic (exact) mass is 276 g/mol. The van der Waals surface area contributed by atoms with Gasteiger partial charge in [-0.3, -0.25) is 4.90 Å². The Labute approximate surface area is 123 Å². The zero-order chi connectivity index (χ0) is 13.8. The lowest BCUT2D eigenvalue weighted by molar-refractivity contribution is 0.123. The summed E-state index contributed by atoms with van der Waals surface area (Å²) in [7, 11) is 1.70. The number of benzene rings is 1. The van der Waals surface area contributed by atoms with Crippen molar-refractivity contribution < 1.29 is 4.74 Å². The second kappa shape index (κ2) is 7.34. The van der Waals surface area contributed by atoms with Crippen LogP contribution in [0.4, 0.5) is 0 Å². The minimum atomic E-state index is 0. The number of nitrogens with zero attached hydrogens (tertiary/aromatic N) is 2. The first-order valence-corrected chi connectivity index (χ1v) is 6.90. The van der Waals surface area contributed by atoms with Gasteiger partial charge in [0.15, 0.2) is 0 Å². The molecule has 1 aliphatic rings. The van der Waals surface area contributed by atoms with Crippen LogP contribution >= 0.6 is 0 Å². The highest BCUT2D eigenvalue weighted by Gasteiger charge is 2.21. The Balaban J connectivity index is 0.00000200. The van der Waals surface area contributed by atoms with Gasteiger partial charge in [0, 0.05) is 37.9 Å². The first-order chi connectivity index (χ1) is 9.11. The van der Waals surface area contributed by atoms with Gasteiger partial charge in [0.05, 0.1) is 7.11 Å². The summed E-state index contributed by atoms with van der Waals surface area (Å²) < 4.78 is 5.20. The molecule has 0 amide bonds. The van der Waals surface area contributed by atoms with Gasteiger partial charge in [-0.1, -0.05) is 26.1 Å². The molecule has 1 aromatic carbocycles. The van der Waals surface area contributed by atoms with Crippen molar-refractivity contribution in [1.82, 2.24) is 9.80 Å². The van der Waals surface area contributed by atoms with Crippen molar-refractivity contribution in [1.29, 1.82) is 0 Å². The van der Waals surface area contributed by atoms with Crippen molar-refractivity contribution in [3.8, 4) is 5.75 Å².